The number of hydrogen-bond donors (Lipinski definition) is 1. The average Bonchev–Trinajstić information content (AvgIpc) is 3.20. The van der Waals surface area contributed by atoms with Crippen molar-refractivity contribution in [3.63, 3.8) is 0 Å². The van der Waals surface area contributed by atoms with Gasteiger partial charge in [-0.1, -0.05) is 23.7 Å². The Bertz CT molecular complexity index is 1370. The van der Waals surface area contributed by atoms with Crippen LogP contribution in [0.3, 0.4) is 0 Å². The molecule has 2 heterocycles. The van der Waals surface area contributed by atoms with E-state index < -0.39 is 11.7 Å². The van der Waals surface area contributed by atoms with E-state index in [4.69, 9.17) is 11.6 Å². The van der Waals surface area contributed by atoms with E-state index in [-0.39, 0.29) is 22.2 Å². The number of amides is 1. The molecule has 4 rings (SSSR count). The summed E-state index contributed by atoms with van der Waals surface area (Å²) in [5.74, 6) is -0.235. The van der Waals surface area contributed by atoms with E-state index >= 15 is 0 Å². The van der Waals surface area contributed by atoms with Crippen molar-refractivity contribution in [1.29, 1.82) is 0 Å². The summed E-state index contributed by atoms with van der Waals surface area (Å²) in [6.07, 6.45) is 1.60. The molecule has 7 nitrogen and oxygen atoms in total. The highest BCUT2D eigenvalue weighted by atomic mass is 35.5. The largest absolute Gasteiger partial charge is 0.321 e. The maximum Gasteiger partial charge on any atom is 0.274 e. The number of nitrogens with one attached hydrogen (secondary N) is 1. The Morgan fingerprint density at radius 1 is 1.22 bits per heavy atom. The summed E-state index contributed by atoms with van der Waals surface area (Å²) in [6.45, 7) is 3.92. The molecule has 32 heavy (non-hydrogen) atoms. The van der Waals surface area contributed by atoms with Gasteiger partial charge in [0, 0.05) is 28.3 Å². The molecule has 164 valence electrons. The number of carbonyl (C=O) groups is 1. The molecular formula is C22H19ClFN5O2S. The van der Waals surface area contributed by atoms with Gasteiger partial charge in [-0.2, -0.15) is 9.50 Å². The van der Waals surface area contributed by atoms with Crippen LogP contribution in [0.5, 0.6) is 0 Å². The standard InChI is InChI=1S/C22H19ClFN5O2S/c1-13(2)28-12-25-22-26-15(10-20(30)29(22)28)11-32-19-6-4-3-5-18(19)27-21(31)14-7-8-17(24)16(23)9-14/h3-10,12-13H,11H2,1-2H3,(H,27,31). The van der Waals surface area contributed by atoms with E-state index in [0.717, 1.165) is 11.0 Å². The van der Waals surface area contributed by atoms with Crippen molar-refractivity contribution in [2.45, 2.75) is 30.5 Å². The fraction of sp³-hybridized carbons (Fsp3) is 0.182. The zero-order chi connectivity index (χ0) is 22.8. The summed E-state index contributed by atoms with van der Waals surface area (Å²) in [6, 6.07) is 12.6. The first-order chi connectivity index (χ1) is 15.3. The summed E-state index contributed by atoms with van der Waals surface area (Å²) in [5.41, 5.74) is 1.22. The molecule has 0 bridgehead atoms. The maximum atomic E-state index is 13.4. The molecule has 1 N–H and O–H groups in total. The smallest absolute Gasteiger partial charge is 0.274 e. The second-order valence-electron chi connectivity index (χ2n) is 7.28. The highest BCUT2D eigenvalue weighted by Gasteiger charge is 2.13. The van der Waals surface area contributed by atoms with E-state index in [1.54, 1.807) is 23.1 Å². The maximum absolute atomic E-state index is 13.4. The quantitative estimate of drug-likeness (QED) is 0.408. The lowest BCUT2D eigenvalue weighted by molar-refractivity contribution is 0.102. The molecule has 2 aromatic carbocycles. The molecular weight excluding hydrogens is 453 g/mol. The zero-order valence-corrected chi connectivity index (χ0v) is 18.8. The molecule has 4 aromatic rings. The molecule has 0 aliphatic carbocycles. The van der Waals surface area contributed by atoms with Crippen molar-refractivity contribution in [2.24, 2.45) is 0 Å². The molecule has 0 spiro atoms. The molecule has 10 heteroatoms. The van der Waals surface area contributed by atoms with Crippen molar-refractivity contribution >= 4 is 40.7 Å². The molecule has 0 atom stereocenters. The molecule has 0 fully saturated rings. The summed E-state index contributed by atoms with van der Waals surface area (Å²) in [7, 11) is 0. The number of anilines is 1. The second kappa shape index (κ2) is 9.13. The van der Waals surface area contributed by atoms with Gasteiger partial charge in [-0.3, -0.25) is 14.3 Å². The lowest BCUT2D eigenvalue weighted by atomic mass is 10.2. The molecule has 1 amide bonds. The Kier molecular flexibility index (Phi) is 6.29. The van der Waals surface area contributed by atoms with Crippen LogP contribution in [-0.4, -0.2) is 25.1 Å². The van der Waals surface area contributed by atoms with Gasteiger partial charge in [-0.25, -0.2) is 9.37 Å². The van der Waals surface area contributed by atoms with Gasteiger partial charge in [0.1, 0.15) is 12.1 Å². The van der Waals surface area contributed by atoms with E-state index in [2.05, 4.69) is 15.3 Å². The van der Waals surface area contributed by atoms with Crippen molar-refractivity contribution < 1.29 is 9.18 Å². The third-order valence-corrected chi connectivity index (χ3v) is 6.07. The normalized spacial score (nSPS) is 11.3. The fourth-order valence-electron chi connectivity index (χ4n) is 3.09. The van der Waals surface area contributed by atoms with Crippen LogP contribution in [0.1, 0.15) is 35.9 Å². The first-order valence-corrected chi connectivity index (χ1v) is 11.1. The van der Waals surface area contributed by atoms with Crippen LogP contribution in [0.4, 0.5) is 10.1 Å². The van der Waals surface area contributed by atoms with Gasteiger partial charge in [0.2, 0.25) is 0 Å². The van der Waals surface area contributed by atoms with Crippen LogP contribution in [0.25, 0.3) is 5.78 Å². The Labute approximate surface area is 192 Å². The number of benzene rings is 2. The van der Waals surface area contributed by atoms with E-state index in [1.807, 2.05) is 26.0 Å². The summed E-state index contributed by atoms with van der Waals surface area (Å²) >= 11 is 7.21. The lowest BCUT2D eigenvalue weighted by Crippen LogP contribution is -2.22. The molecule has 0 aliphatic rings. The van der Waals surface area contributed by atoms with Gasteiger partial charge >= 0.3 is 0 Å². The minimum Gasteiger partial charge on any atom is -0.321 e. The predicted octanol–water partition coefficient (Wildman–Crippen LogP) is 4.81. The molecule has 0 saturated carbocycles. The number of rotatable bonds is 6. The minimum absolute atomic E-state index is 0.0752. The molecule has 0 saturated heterocycles. The predicted molar refractivity (Wildman–Crippen MR) is 123 cm³/mol. The molecule has 2 aromatic heterocycles. The van der Waals surface area contributed by atoms with Crippen molar-refractivity contribution in [1.82, 2.24) is 19.2 Å². The Hall–Kier alpha value is -3.17. The lowest BCUT2D eigenvalue weighted by Gasteiger charge is -2.11. The van der Waals surface area contributed by atoms with Crippen LogP contribution in [0.2, 0.25) is 5.02 Å². The third kappa shape index (κ3) is 4.53. The molecule has 0 unspecified atom stereocenters. The highest BCUT2D eigenvalue weighted by Crippen LogP contribution is 2.30. The number of nitrogens with zero attached hydrogens (tertiary/aromatic N) is 4. The van der Waals surface area contributed by atoms with E-state index in [1.165, 1.54) is 34.5 Å². The Morgan fingerprint density at radius 3 is 2.75 bits per heavy atom. The van der Waals surface area contributed by atoms with E-state index in [0.29, 0.717) is 22.9 Å². The van der Waals surface area contributed by atoms with Crippen LogP contribution in [0.15, 0.2) is 64.5 Å². The summed E-state index contributed by atoms with van der Waals surface area (Å²) in [4.78, 5) is 34.7. The van der Waals surface area contributed by atoms with Crippen molar-refractivity contribution in [2.75, 3.05) is 5.32 Å². The van der Waals surface area contributed by atoms with Crippen molar-refractivity contribution in [3.05, 3.63) is 87.3 Å². The number of para-hydroxylation sites is 1. The van der Waals surface area contributed by atoms with Crippen LogP contribution in [-0.2, 0) is 5.75 Å². The number of fused-ring (bicyclic) bond motifs is 1. The van der Waals surface area contributed by atoms with Gasteiger partial charge < -0.3 is 5.32 Å². The number of carbonyl (C=O) groups excluding carboxylic acids is 1. The van der Waals surface area contributed by atoms with Gasteiger partial charge in [-0.05, 0) is 44.2 Å². The topological polar surface area (TPSA) is 81.3 Å². The first kappa shape index (κ1) is 22.0. The summed E-state index contributed by atoms with van der Waals surface area (Å²) in [5, 5.41) is 2.71. The monoisotopic (exact) mass is 471 g/mol. The van der Waals surface area contributed by atoms with Crippen LogP contribution in [0, 0.1) is 5.82 Å². The van der Waals surface area contributed by atoms with Gasteiger partial charge in [0.15, 0.2) is 0 Å². The Morgan fingerprint density at radius 2 is 2.00 bits per heavy atom. The van der Waals surface area contributed by atoms with Crippen molar-refractivity contribution in [3.8, 4) is 0 Å². The molecule has 0 aliphatic heterocycles. The van der Waals surface area contributed by atoms with Gasteiger partial charge in [-0.15, -0.1) is 11.8 Å². The van der Waals surface area contributed by atoms with Gasteiger partial charge in [0.25, 0.3) is 17.2 Å². The minimum atomic E-state index is -0.585. The summed E-state index contributed by atoms with van der Waals surface area (Å²) < 4.78 is 16.6. The third-order valence-electron chi connectivity index (χ3n) is 4.68. The number of aromatic nitrogens is 4. The molecule has 0 radical (unpaired) electrons. The SMILES string of the molecule is CC(C)n1cnc2nc(CSc3ccccc3NC(=O)c3ccc(F)c(Cl)c3)cc(=O)n21. The number of hydrogen-bond acceptors (Lipinski definition) is 5. The second-order valence-corrected chi connectivity index (χ2v) is 8.71. The highest BCUT2D eigenvalue weighted by molar-refractivity contribution is 7.98. The Balaban J connectivity index is 1.53. The number of thioether (sulfide) groups is 1. The zero-order valence-electron chi connectivity index (χ0n) is 17.3. The number of halogens is 2. The average molecular weight is 472 g/mol. The fourth-order valence-corrected chi connectivity index (χ4v) is 4.17. The van der Waals surface area contributed by atoms with Crippen LogP contribution >= 0.6 is 23.4 Å². The first-order valence-electron chi connectivity index (χ1n) is 9.77. The van der Waals surface area contributed by atoms with Gasteiger partial charge in [0.05, 0.1) is 16.4 Å². The van der Waals surface area contributed by atoms with Crippen LogP contribution < -0.4 is 10.9 Å². The van der Waals surface area contributed by atoms with E-state index in [9.17, 15) is 14.0 Å².